The quantitative estimate of drug-likeness (QED) is 0.415. The van der Waals surface area contributed by atoms with Crippen molar-refractivity contribution >= 4 is 58.1 Å². The predicted octanol–water partition coefficient (Wildman–Crippen LogP) is 5.59. The van der Waals surface area contributed by atoms with Gasteiger partial charge in [0.25, 0.3) is 11.1 Å². The van der Waals surface area contributed by atoms with Gasteiger partial charge in [0.05, 0.1) is 15.5 Å². The molecule has 1 fully saturated rings. The number of thioether (sulfide) groups is 1. The molecular formula is C25H19ClN2O6S. The van der Waals surface area contributed by atoms with E-state index in [1.54, 1.807) is 24.3 Å². The minimum absolute atomic E-state index is 0.0301. The van der Waals surface area contributed by atoms with Gasteiger partial charge in [-0.25, -0.2) is 4.79 Å². The molecule has 0 radical (unpaired) electrons. The molecule has 0 unspecified atom stereocenters. The molecule has 3 aromatic rings. The topological polar surface area (TPSA) is 117 Å². The summed E-state index contributed by atoms with van der Waals surface area (Å²) in [5.41, 5.74) is 3.06. The molecule has 1 aromatic heterocycles. The van der Waals surface area contributed by atoms with E-state index in [0.717, 1.165) is 16.0 Å². The number of hydrogen-bond acceptors (Lipinski definition) is 6. The number of benzene rings is 2. The molecule has 35 heavy (non-hydrogen) atoms. The normalized spacial score (nSPS) is 14.6. The third-order valence-electron chi connectivity index (χ3n) is 5.22. The van der Waals surface area contributed by atoms with Crippen LogP contribution in [0.1, 0.15) is 27.2 Å². The summed E-state index contributed by atoms with van der Waals surface area (Å²) in [6.07, 6.45) is 1.42. The molecule has 1 aliphatic rings. The van der Waals surface area contributed by atoms with Gasteiger partial charge in [-0.05, 0) is 61.5 Å². The minimum atomic E-state index is -1.14. The number of rotatable bonds is 6. The second-order valence-electron chi connectivity index (χ2n) is 7.84. The number of aryl methyl sites for hydroxylation is 2. The molecule has 1 saturated heterocycles. The lowest BCUT2D eigenvalue weighted by Crippen LogP contribution is -2.36. The SMILES string of the molecule is Cc1ccc(NC(=O)CN2C(=O)S/C(=C\c3ccc(-c4ccc(C(=O)O)c(Cl)c4)o3)C2=O)c(C)c1. The molecule has 0 saturated carbocycles. The molecule has 2 heterocycles. The van der Waals surface area contributed by atoms with Gasteiger partial charge < -0.3 is 14.8 Å². The Kier molecular flexibility index (Phi) is 6.81. The number of carboxylic acid groups (broad SMARTS) is 1. The van der Waals surface area contributed by atoms with Gasteiger partial charge in [0, 0.05) is 17.3 Å². The number of imide groups is 1. The van der Waals surface area contributed by atoms with Crippen molar-refractivity contribution in [3.63, 3.8) is 0 Å². The highest BCUT2D eigenvalue weighted by Crippen LogP contribution is 2.34. The molecule has 2 N–H and O–H groups in total. The van der Waals surface area contributed by atoms with Crippen molar-refractivity contribution in [3.05, 3.63) is 80.9 Å². The first kappa shape index (κ1) is 24.3. The van der Waals surface area contributed by atoms with Crippen LogP contribution >= 0.6 is 23.4 Å². The molecule has 0 spiro atoms. The number of carbonyl (C=O) groups is 4. The average molecular weight is 511 g/mol. The number of carbonyl (C=O) groups excluding carboxylic acids is 3. The highest BCUT2D eigenvalue weighted by Gasteiger charge is 2.36. The van der Waals surface area contributed by atoms with E-state index in [-0.39, 0.29) is 15.5 Å². The number of carboxylic acids is 1. The number of nitrogens with zero attached hydrogens (tertiary/aromatic N) is 1. The van der Waals surface area contributed by atoms with Crippen molar-refractivity contribution in [2.75, 3.05) is 11.9 Å². The minimum Gasteiger partial charge on any atom is -0.478 e. The lowest BCUT2D eigenvalue weighted by molar-refractivity contribution is -0.127. The summed E-state index contributed by atoms with van der Waals surface area (Å²) in [7, 11) is 0. The van der Waals surface area contributed by atoms with Crippen LogP contribution in [-0.4, -0.2) is 39.6 Å². The second kappa shape index (κ2) is 9.81. The Balaban J connectivity index is 1.46. The van der Waals surface area contributed by atoms with Gasteiger partial charge in [-0.2, -0.15) is 0 Å². The Morgan fingerprint density at radius 3 is 2.57 bits per heavy atom. The third-order valence-corrected chi connectivity index (χ3v) is 6.44. The first-order chi connectivity index (χ1) is 16.6. The maximum atomic E-state index is 12.8. The van der Waals surface area contributed by atoms with Gasteiger partial charge in [0.1, 0.15) is 18.1 Å². The largest absolute Gasteiger partial charge is 0.478 e. The van der Waals surface area contributed by atoms with Crippen LogP contribution in [0.3, 0.4) is 0 Å². The van der Waals surface area contributed by atoms with Crippen LogP contribution in [0.4, 0.5) is 10.5 Å². The Bertz CT molecular complexity index is 1410. The van der Waals surface area contributed by atoms with Crippen molar-refractivity contribution in [2.45, 2.75) is 13.8 Å². The number of aromatic carboxylic acids is 1. The van der Waals surface area contributed by atoms with E-state index in [4.69, 9.17) is 21.1 Å². The number of anilines is 1. The molecule has 0 aliphatic carbocycles. The van der Waals surface area contributed by atoms with Crippen molar-refractivity contribution in [3.8, 4) is 11.3 Å². The van der Waals surface area contributed by atoms with Gasteiger partial charge >= 0.3 is 5.97 Å². The lowest BCUT2D eigenvalue weighted by atomic mass is 10.1. The van der Waals surface area contributed by atoms with Crippen LogP contribution in [-0.2, 0) is 9.59 Å². The summed E-state index contributed by atoms with van der Waals surface area (Å²) in [5.74, 6) is -1.50. The fraction of sp³-hybridized carbons (Fsp3) is 0.120. The Morgan fingerprint density at radius 1 is 1.11 bits per heavy atom. The molecule has 3 amide bonds. The molecular weight excluding hydrogens is 492 g/mol. The van der Waals surface area contributed by atoms with Gasteiger partial charge in [0.15, 0.2) is 0 Å². The average Bonchev–Trinajstić information content (AvgIpc) is 3.36. The van der Waals surface area contributed by atoms with Crippen molar-refractivity contribution in [2.24, 2.45) is 0 Å². The lowest BCUT2D eigenvalue weighted by Gasteiger charge is -2.13. The molecule has 178 valence electrons. The summed E-state index contributed by atoms with van der Waals surface area (Å²) < 4.78 is 5.73. The number of furan rings is 1. The van der Waals surface area contributed by atoms with E-state index in [1.807, 2.05) is 26.0 Å². The van der Waals surface area contributed by atoms with E-state index in [2.05, 4.69) is 5.32 Å². The number of hydrogen-bond donors (Lipinski definition) is 2. The van der Waals surface area contributed by atoms with Gasteiger partial charge in [0.2, 0.25) is 5.91 Å². The van der Waals surface area contributed by atoms with Crippen molar-refractivity contribution in [1.82, 2.24) is 4.90 Å². The van der Waals surface area contributed by atoms with Crippen LogP contribution in [0, 0.1) is 13.8 Å². The first-order valence-electron chi connectivity index (χ1n) is 10.4. The fourth-order valence-corrected chi connectivity index (χ4v) is 4.56. The molecule has 8 nitrogen and oxygen atoms in total. The standard InChI is InChI=1S/C25H19ClN2O6S/c1-13-3-7-19(14(2)9-13)27-22(29)12-28-23(30)21(35-25(28)33)11-16-5-8-20(34-16)15-4-6-17(24(31)32)18(26)10-15/h3-11H,12H2,1-2H3,(H,27,29)(H,31,32)/b21-11-. The third kappa shape index (κ3) is 5.31. The molecule has 0 bridgehead atoms. The van der Waals surface area contributed by atoms with Crippen LogP contribution in [0.25, 0.3) is 17.4 Å². The molecule has 1 aliphatic heterocycles. The predicted molar refractivity (Wildman–Crippen MR) is 133 cm³/mol. The summed E-state index contributed by atoms with van der Waals surface area (Å²) in [4.78, 5) is 49.7. The highest BCUT2D eigenvalue weighted by atomic mass is 35.5. The smallest absolute Gasteiger partial charge is 0.337 e. The monoisotopic (exact) mass is 510 g/mol. The van der Waals surface area contributed by atoms with Gasteiger partial charge in [-0.15, -0.1) is 0 Å². The maximum absolute atomic E-state index is 12.8. The Hall–Kier alpha value is -3.82. The number of amides is 3. The zero-order valence-corrected chi connectivity index (χ0v) is 20.2. The van der Waals surface area contributed by atoms with E-state index in [0.29, 0.717) is 34.5 Å². The zero-order chi connectivity index (χ0) is 25.3. The van der Waals surface area contributed by atoms with E-state index in [1.165, 1.54) is 18.2 Å². The number of nitrogens with one attached hydrogen (secondary N) is 1. The zero-order valence-electron chi connectivity index (χ0n) is 18.6. The van der Waals surface area contributed by atoms with Gasteiger partial charge in [-0.3, -0.25) is 19.3 Å². The van der Waals surface area contributed by atoms with E-state index >= 15 is 0 Å². The molecule has 2 aromatic carbocycles. The fourth-order valence-electron chi connectivity index (χ4n) is 3.48. The summed E-state index contributed by atoms with van der Waals surface area (Å²) >= 11 is 6.73. The van der Waals surface area contributed by atoms with E-state index in [9.17, 15) is 19.2 Å². The summed E-state index contributed by atoms with van der Waals surface area (Å²) in [6, 6.07) is 13.2. The van der Waals surface area contributed by atoms with Crippen LogP contribution in [0.2, 0.25) is 5.02 Å². The van der Waals surface area contributed by atoms with Crippen molar-refractivity contribution in [1.29, 1.82) is 0 Å². The van der Waals surface area contributed by atoms with Crippen molar-refractivity contribution < 1.29 is 28.7 Å². The first-order valence-corrected chi connectivity index (χ1v) is 11.6. The van der Waals surface area contributed by atoms with Gasteiger partial charge in [-0.1, -0.05) is 35.4 Å². The highest BCUT2D eigenvalue weighted by molar-refractivity contribution is 8.18. The number of halogens is 1. The molecule has 10 heteroatoms. The second-order valence-corrected chi connectivity index (χ2v) is 9.24. The molecule has 0 atom stereocenters. The molecule has 4 rings (SSSR count). The Labute approximate surface area is 209 Å². The van der Waals surface area contributed by atoms with Crippen LogP contribution in [0.15, 0.2) is 57.9 Å². The summed E-state index contributed by atoms with van der Waals surface area (Å²) in [6.45, 7) is 3.39. The van der Waals surface area contributed by atoms with Crippen LogP contribution in [0.5, 0.6) is 0 Å². The van der Waals surface area contributed by atoms with E-state index < -0.39 is 29.6 Å². The summed E-state index contributed by atoms with van der Waals surface area (Å²) in [5, 5.41) is 11.3. The van der Waals surface area contributed by atoms with Crippen LogP contribution < -0.4 is 5.32 Å². The maximum Gasteiger partial charge on any atom is 0.337 e. The Morgan fingerprint density at radius 2 is 1.89 bits per heavy atom.